The highest BCUT2D eigenvalue weighted by Crippen LogP contribution is 2.37. The van der Waals surface area contributed by atoms with E-state index in [1.165, 1.54) is 49.0 Å². The first-order chi connectivity index (χ1) is 15.3. The molecule has 0 atom stereocenters. The van der Waals surface area contributed by atoms with E-state index in [4.69, 9.17) is 11.6 Å². The van der Waals surface area contributed by atoms with Crippen LogP contribution in [0.2, 0.25) is 5.02 Å². The molecule has 0 bridgehead atoms. The Hall–Kier alpha value is -3.61. The maximum atomic E-state index is 6.32. The summed E-state index contributed by atoms with van der Waals surface area (Å²) in [6.07, 6.45) is 0. The number of benzene rings is 6. The molecule has 0 aliphatic carbocycles. The zero-order valence-corrected chi connectivity index (χ0v) is 17.6. The summed E-state index contributed by atoms with van der Waals surface area (Å²) < 4.78 is 0. The van der Waals surface area contributed by atoms with Crippen molar-refractivity contribution in [3.8, 4) is 22.3 Å². The highest BCUT2D eigenvalue weighted by Gasteiger charge is 2.10. The Balaban J connectivity index is 1.61. The van der Waals surface area contributed by atoms with Gasteiger partial charge in [0.2, 0.25) is 0 Å². The molecule has 6 aromatic carbocycles. The predicted molar refractivity (Wildman–Crippen MR) is 135 cm³/mol. The summed E-state index contributed by atoms with van der Waals surface area (Å²) in [6, 6.07) is 41.0. The second-order valence-corrected chi connectivity index (χ2v) is 8.41. The zero-order chi connectivity index (χ0) is 20.8. The molecule has 0 heterocycles. The second-order valence-electron chi connectivity index (χ2n) is 7.98. The number of halogens is 1. The van der Waals surface area contributed by atoms with Gasteiger partial charge in [0.1, 0.15) is 0 Å². The van der Waals surface area contributed by atoms with E-state index in [2.05, 4.69) is 97.1 Å². The van der Waals surface area contributed by atoms with Gasteiger partial charge >= 0.3 is 0 Å². The van der Waals surface area contributed by atoms with E-state index in [-0.39, 0.29) is 0 Å². The van der Waals surface area contributed by atoms with Crippen molar-refractivity contribution in [1.82, 2.24) is 0 Å². The molecular formula is C30H19Cl. The van der Waals surface area contributed by atoms with Crippen molar-refractivity contribution >= 4 is 43.9 Å². The minimum absolute atomic E-state index is 0.756. The van der Waals surface area contributed by atoms with Gasteiger partial charge in [-0.25, -0.2) is 0 Å². The van der Waals surface area contributed by atoms with Crippen LogP contribution in [0, 0.1) is 0 Å². The maximum Gasteiger partial charge on any atom is 0.0412 e. The third-order valence-corrected chi connectivity index (χ3v) is 6.31. The van der Waals surface area contributed by atoms with Crippen molar-refractivity contribution in [2.75, 3.05) is 0 Å². The van der Waals surface area contributed by atoms with Gasteiger partial charge in [-0.1, -0.05) is 96.5 Å². The molecule has 0 radical (unpaired) electrons. The lowest BCUT2D eigenvalue weighted by molar-refractivity contribution is 1.65. The lowest BCUT2D eigenvalue weighted by Gasteiger charge is -2.13. The van der Waals surface area contributed by atoms with Gasteiger partial charge in [0.15, 0.2) is 0 Å². The molecule has 1 heteroatoms. The fraction of sp³-hybridized carbons (Fsp3) is 0. The monoisotopic (exact) mass is 414 g/mol. The smallest absolute Gasteiger partial charge is 0.0412 e. The first kappa shape index (κ1) is 18.2. The fourth-order valence-corrected chi connectivity index (χ4v) is 4.75. The molecule has 6 aromatic rings. The molecule has 0 fully saturated rings. The maximum absolute atomic E-state index is 6.32. The van der Waals surface area contributed by atoms with Crippen LogP contribution in [0.15, 0.2) is 115 Å². The van der Waals surface area contributed by atoms with Gasteiger partial charge in [-0.3, -0.25) is 0 Å². The van der Waals surface area contributed by atoms with E-state index in [1.807, 2.05) is 18.2 Å². The molecule has 6 rings (SSSR count). The molecule has 31 heavy (non-hydrogen) atoms. The van der Waals surface area contributed by atoms with Crippen molar-refractivity contribution in [3.63, 3.8) is 0 Å². The lowest BCUT2D eigenvalue weighted by Crippen LogP contribution is -1.86. The second kappa shape index (κ2) is 7.27. The average Bonchev–Trinajstić information content (AvgIpc) is 2.83. The summed E-state index contributed by atoms with van der Waals surface area (Å²) >= 11 is 6.32. The van der Waals surface area contributed by atoms with Crippen molar-refractivity contribution in [2.45, 2.75) is 0 Å². The third-order valence-electron chi connectivity index (χ3n) is 6.08. The Kier molecular flexibility index (Phi) is 4.26. The quantitative estimate of drug-likeness (QED) is 0.248. The Morgan fingerprint density at radius 2 is 1.10 bits per heavy atom. The number of hydrogen-bond donors (Lipinski definition) is 0. The molecule has 0 aromatic heterocycles. The van der Waals surface area contributed by atoms with Crippen LogP contribution >= 0.6 is 11.6 Å². The number of hydrogen-bond acceptors (Lipinski definition) is 0. The molecule has 0 saturated carbocycles. The minimum Gasteiger partial charge on any atom is -0.0843 e. The Morgan fingerprint density at radius 3 is 1.94 bits per heavy atom. The molecule has 0 aliphatic rings. The van der Waals surface area contributed by atoms with Gasteiger partial charge in [-0.2, -0.15) is 0 Å². The topological polar surface area (TPSA) is 0 Å². The summed E-state index contributed by atoms with van der Waals surface area (Å²) in [6.45, 7) is 0. The Labute approximate surface area is 186 Å². The van der Waals surface area contributed by atoms with E-state index in [9.17, 15) is 0 Å². The zero-order valence-electron chi connectivity index (χ0n) is 16.8. The van der Waals surface area contributed by atoms with Gasteiger partial charge in [0.25, 0.3) is 0 Å². The normalized spacial score (nSPS) is 11.4. The SMILES string of the molecule is Clc1cccc(-c2cc3cc(-c4ccc5ccccc5c4)ccc3c3ccccc23)c1. The van der Waals surface area contributed by atoms with E-state index in [0.717, 1.165) is 10.6 Å². The molecule has 0 aliphatic heterocycles. The van der Waals surface area contributed by atoms with Gasteiger partial charge < -0.3 is 0 Å². The summed E-state index contributed by atoms with van der Waals surface area (Å²) in [4.78, 5) is 0. The number of rotatable bonds is 2. The first-order valence-corrected chi connectivity index (χ1v) is 10.8. The van der Waals surface area contributed by atoms with Crippen molar-refractivity contribution < 1.29 is 0 Å². The third kappa shape index (κ3) is 3.17. The van der Waals surface area contributed by atoms with E-state index >= 15 is 0 Å². The van der Waals surface area contributed by atoms with Crippen molar-refractivity contribution in [3.05, 3.63) is 120 Å². The molecular weight excluding hydrogens is 396 g/mol. The van der Waals surface area contributed by atoms with E-state index in [1.54, 1.807) is 0 Å². The van der Waals surface area contributed by atoms with Crippen LogP contribution in [0.4, 0.5) is 0 Å². The van der Waals surface area contributed by atoms with Crippen LogP contribution in [0.25, 0.3) is 54.6 Å². The average molecular weight is 415 g/mol. The molecule has 0 amide bonds. The Bertz CT molecular complexity index is 1590. The molecule has 146 valence electrons. The first-order valence-electron chi connectivity index (χ1n) is 10.5. The molecule has 0 spiro atoms. The van der Waals surface area contributed by atoms with Crippen LogP contribution in [-0.2, 0) is 0 Å². The van der Waals surface area contributed by atoms with Gasteiger partial charge in [0, 0.05) is 5.02 Å². The van der Waals surface area contributed by atoms with Gasteiger partial charge in [-0.05, 0) is 84.9 Å². The summed E-state index contributed by atoms with van der Waals surface area (Å²) in [7, 11) is 0. The van der Waals surface area contributed by atoms with Crippen molar-refractivity contribution in [1.29, 1.82) is 0 Å². The standard InChI is InChI=1S/C30H19Cl/c31-26-9-5-8-24(18-26)30-19-25-17-23(14-15-27(25)28-10-3-4-11-29(28)30)22-13-12-20-6-1-2-7-21(20)16-22/h1-19H. The number of fused-ring (bicyclic) bond motifs is 4. The van der Waals surface area contributed by atoms with E-state index in [0.29, 0.717) is 0 Å². The molecule has 0 unspecified atom stereocenters. The van der Waals surface area contributed by atoms with Crippen LogP contribution in [0.3, 0.4) is 0 Å². The van der Waals surface area contributed by atoms with Crippen LogP contribution in [0.5, 0.6) is 0 Å². The molecule has 0 saturated heterocycles. The highest BCUT2D eigenvalue weighted by molar-refractivity contribution is 6.31. The fourth-order valence-electron chi connectivity index (χ4n) is 4.56. The van der Waals surface area contributed by atoms with Crippen molar-refractivity contribution in [2.24, 2.45) is 0 Å². The molecule has 0 nitrogen and oxygen atoms in total. The van der Waals surface area contributed by atoms with Crippen LogP contribution in [-0.4, -0.2) is 0 Å². The van der Waals surface area contributed by atoms with Gasteiger partial charge in [-0.15, -0.1) is 0 Å². The summed E-state index contributed by atoms with van der Waals surface area (Å²) in [5.74, 6) is 0. The molecule has 0 N–H and O–H groups in total. The largest absolute Gasteiger partial charge is 0.0843 e. The summed E-state index contributed by atoms with van der Waals surface area (Å²) in [5.41, 5.74) is 4.81. The minimum atomic E-state index is 0.756. The van der Waals surface area contributed by atoms with Crippen LogP contribution in [0.1, 0.15) is 0 Å². The predicted octanol–water partition coefficient (Wildman–Crippen LogP) is 9.13. The van der Waals surface area contributed by atoms with Gasteiger partial charge in [0.05, 0.1) is 0 Å². The lowest BCUT2D eigenvalue weighted by atomic mass is 9.91. The van der Waals surface area contributed by atoms with E-state index < -0.39 is 0 Å². The Morgan fingerprint density at radius 1 is 0.387 bits per heavy atom. The highest BCUT2D eigenvalue weighted by atomic mass is 35.5. The van der Waals surface area contributed by atoms with Crippen LogP contribution < -0.4 is 0 Å². The summed E-state index contributed by atoms with van der Waals surface area (Å²) in [5, 5.41) is 8.30.